The van der Waals surface area contributed by atoms with Crippen LogP contribution in [0, 0.1) is 5.92 Å². The lowest BCUT2D eigenvalue weighted by atomic mass is 10.2. The highest BCUT2D eigenvalue weighted by Gasteiger charge is 2.22. The van der Waals surface area contributed by atoms with Gasteiger partial charge in [0, 0.05) is 19.1 Å². The van der Waals surface area contributed by atoms with Gasteiger partial charge in [-0.15, -0.1) is 5.10 Å². The van der Waals surface area contributed by atoms with Crippen LogP contribution in [-0.2, 0) is 6.54 Å². The summed E-state index contributed by atoms with van der Waals surface area (Å²) in [5.74, 6) is 1.70. The molecule has 1 aliphatic rings. The molecule has 0 aliphatic heterocycles. The third kappa shape index (κ3) is 4.17. The van der Waals surface area contributed by atoms with Gasteiger partial charge < -0.3 is 10.2 Å². The molecule has 1 saturated carbocycles. The minimum Gasteiger partial charge on any atom is -0.352 e. The van der Waals surface area contributed by atoms with Crippen molar-refractivity contribution in [2.24, 2.45) is 5.92 Å². The van der Waals surface area contributed by atoms with E-state index in [1.807, 2.05) is 0 Å². The van der Waals surface area contributed by atoms with Crippen molar-refractivity contribution in [3.63, 3.8) is 0 Å². The topological polar surface area (TPSA) is 41.0 Å². The average Bonchev–Trinajstić information content (AvgIpc) is 2.95. The van der Waals surface area contributed by atoms with Crippen LogP contribution < -0.4 is 10.2 Å². The summed E-state index contributed by atoms with van der Waals surface area (Å²) in [6.07, 6.45) is 5.30. The first-order valence-corrected chi connectivity index (χ1v) is 8.00. The highest BCUT2D eigenvalue weighted by molar-refractivity contribution is 5.38. The van der Waals surface area contributed by atoms with Crippen molar-refractivity contribution in [2.45, 2.75) is 59.0 Å². The van der Waals surface area contributed by atoms with Gasteiger partial charge in [-0.05, 0) is 44.4 Å². The summed E-state index contributed by atoms with van der Waals surface area (Å²) in [5.41, 5.74) is 1.02. The van der Waals surface area contributed by atoms with E-state index in [0.717, 1.165) is 31.1 Å². The van der Waals surface area contributed by atoms with E-state index in [2.05, 4.69) is 53.3 Å². The van der Waals surface area contributed by atoms with Crippen LogP contribution in [0.4, 0.5) is 5.82 Å². The summed E-state index contributed by atoms with van der Waals surface area (Å²) in [5, 5.41) is 12.2. The van der Waals surface area contributed by atoms with Gasteiger partial charge >= 0.3 is 0 Å². The molecule has 0 unspecified atom stereocenters. The summed E-state index contributed by atoms with van der Waals surface area (Å²) in [6, 6.07) is 4.90. The molecule has 1 aromatic heterocycles. The van der Waals surface area contributed by atoms with Crippen molar-refractivity contribution >= 4 is 5.82 Å². The molecule has 1 fully saturated rings. The molecule has 0 spiro atoms. The molecule has 0 bridgehead atoms. The van der Waals surface area contributed by atoms with Gasteiger partial charge in [-0.2, -0.15) is 5.10 Å². The van der Waals surface area contributed by atoms with Crippen molar-refractivity contribution in [2.75, 3.05) is 18.0 Å². The number of anilines is 1. The number of rotatable bonds is 7. The van der Waals surface area contributed by atoms with Crippen molar-refractivity contribution in [1.82, 2.24) is 15.5 Å². The number of nitrogens with one attached hydrogen (secondary N) is 1. The van der Waals surface area contributed by atoms with Crippen molar-refractivity contribution in [3.05, 3.63) is 17.8 Å². The zero-order valence-corrected chi connectivity index (χ0v) is 13.1. The molecule has 0 amide bonds. The molecule has 1 aromatic rings. The van der Waals surface area contributed by atoms with Crippen LogP contribution >= 0.6 is 0 Å². The predicted molar refractivity (Wildman–Crippen MR) is 83.9 cm³/mol. The van der Waals surface area contributed by atoms with Crippen molar-refractivity contribution < 1.29 is 0 Å². The molecule has 2 rings (SSSR count). The number of hydrogen-bond acceptors (Lipinski definition) is 4. The maximum atomic E-state index is 4.43. The molecule has 0 radical (unpaired) electrons. The molecule has 0 saturated heterocycles. The average molecular weight is 276 g/mol. The summed E-state index contributed by atoms with van der Waals surface area (Å²) >= 11 is 0. The molecule has 112 valence electrons. The maximum absolute atomic E-state index is 4.43. The van der Waals surface area contributed by atoms with E-state index >= 15 is 0 Å². The Hall–Kier alpha value is -1.16. The second-order valence-corrected chi connectivity index (χ2v) is 6.13. The Morgan fingerprint density at radius 3 is 2.55 bits per heavy atom. The van der Waals surface area contributed by atoms with Gasteiger partial charge in [0.05, 0.1) is 5.69 Å². The van der Waals surface area contributed by atoms with Gasteiger partial charge in [-0.1, -0.05) is 26.7 Å². The Bertz CT molecular complexity index is 382. The molecule has 1 heterocycles. The summed E-state index contributed by atoms with van der Waals surface area (Å²) in [7, 11) is 0. The van der Waals surface area contributed by atoms with Gasteiger partial charge in [0.25, 0.3) is 0 Å². The molecular formula is C16H28N4. The second kappa shape index (κ2) is 7.58. The van der Waals surface area contributed by atoms with E-state index in [1.165, 1.54) is 25.7 Å². The fraction of sp³-hybridized carbons (Fsp3) is 0.750. The molecule has 0 aromatic carbocycles. The fourth-order valence-electron chi connectivity index (χ4n) is 2.91. The van der Waals surface area contributed by atoms with Crippen LogP contribution in [0.3, 0.4) is 0 Å². The highest BCUT2D eigenvalue weighted by Crippen LogP contribution is 2.26. The Morgan fingerprint density at radius 1 is 1.25 bits per heavy atom. The van der Waals surface area contributed by atoms with E-state index in [0.29, 0.717) is 12.0 Å². The van der Waals surface area contributed by atoms with E-state index in [4.69, 9.17) is 0 Å². The van der Waals surface area contributed by atoms with Gasteiger partial charge in [-0.3, -0.25) is 0 Å². The quantitative estimate of drug-likeness (QED) is 0.831. The number of aromatic nitrogens is 2. The van der Waals surface area contributed by atoms with Crippen LogP contribution in [0.25, 0.3) is 0 Å². The third-order valence-corrected chi connectivity index (χ3v) is 3.96. The molecule has 4 heteroatoms. The summed E-state index contributed by atoms with van der Waals surface area (Å²) in [6.45, 7) is 9.47. The Labute approximate surface area is 123 Å². The smallest absolute Gasteiger partial charge is 0.151 e. The van der Waals surface area contributed by atoms with Crippen LogP contribution in [0.5, 0.6) is 0 Å². The van der Waals surface area contributed by atoms with Crippen LogP contribution in [0.15, 0.2) is 12.1 Å². The second-order valence-electron chi connectivity index (χ2n) is 6.13. The lowest BCUT2D eigenvalue weighted by molar-refractivity contribution is 0.545. The van der Waals surface area contributed by atoms with E-state index in [-0.39, 0.29) is 0 Å². The molecule has 1 aliphatic carbocycles. The first-order valence-electron chi connectivity index (χ1n) is 8.00. The molecule has 4 nitrogen and oxygen atoms in total. The largest absolute Gasteiger partial charge is 0.352 e. The highest BCUT2D eigenvalue weighted by atomic mass is 15.3. The lowest BCUT2D eigenvalue weighted by Crippen LogP contribution is -2.34. The monoisotopic (exact) mass is 276 g/mol. The number of nitrogens with zero attached hydrogens (tertiary/aromatic N) is 3. The Kier molecular flexibility index (Phi) is 5.77. The SMILES string of the molecule is CCN(c1ccc(CNCC(C)C)nn1)C1CCCC1. The zero-order chi connectivity index (χ0) is 14.4. The van der Waals surface area contributed by atoms with E-state index in [1.54, 1.807) is 0 Å². The molecular weight excluding hydrogens is 248 g/mol. The van der Waals surface area contributed by atoms with Gasteiger partial charge in [0.2, 0.25) is 0 Å². The normalized spacial score (nSPS) is 16.0. The lowest BCUT2D eigenvalue weighted by Gasteiger charge is -2.28. The zero-order valence-electron chi connectivity index (χ0n) is 13.1. The van der Waals surface area contributed by atoms with Gasteiger partial charge in [0.1, 0.15) is 0 Å². The van der Waals surface area contributed by atoms with E-state index in [9.17, 15) is 0 Å². The summed E-state index contributed by atoms with van der Waals surface area (Å²) in [4.78, 5) is 2.41. The standard InChI is InChI=1S/C16H28N4/c1-4-20(15-7-5-6-8-15)16-10-9-14(18-19-16)12-17-11-13(2)3/h9-10,13,15,17H,4-8,11-12H2,1-3H3. The van der Waals surface area contributed by atoms with Crippen LogP contribution in [0.2, 0.25) is 0 Å². The van der Waals surface area contributed by atoms with Crippen molar-refractivity contribution in [3.8, 4) is 0 Å². The molecule has 0 atom stereocenters. The van der Waals surface area contributed by atoms with Crippen LogP contribution in [-0.4, -0.2) is 29.3 Å². The minimum absolute atomic E-state index is 0.666. The first kappa shape index (κ1) is 15.2. The Morgan fingerprint density at radius 2 is 2.00 bits per heavy atom. The third-order valence-electron chi connectivity index (χ3n) is 3.96. The first-order chi connectivity index (χ1) is 9.70. The number of hydrogen-bond donors (Lipinski definition) is 1. The van der Waals surface area contributed by atoms with Crippen molar-refractivity contribution in [1.29, 1.82) is 0 Å². The molecule has 1 N–H and O–H groups in total. The summed E-state index contributed by atoms with van der Waals surface area (Å²) < 4.78 is 0. The minimum atomic E-state index is 0.666. The molecule has 20 heavy (non-hydrogen) atoms. The van der Waals surface area contributed by atoms with Crippen LogP contribution in [0.1, 0.15) is 52.1 Å². The predicted octanol–water partition coefficient (Wildman–Crippen LogP) is 2.99. The fourth-order valence-corrected chi connectivity index (χ4v) is 2.91. The van der Waals surface area contributed by atoms with Gasteiger partial charge in [0.15, 0.2) is 5.82 Å². The maximum Gasteiger partial charge on any atom is 0.151 e. The van der Waals surface area contributed by atoms with Gasteiger partial charge in [-0.25, -0.2) is 0 Å². The van der Waals surface area contributed by atoms with E-state index < -0.39 is 0 Å². The Balaban J connectivity index is 1.92.